The number of nitrogens with zero attached hydrogens (tertiary/aromatic N) is 1. The standard InChI is InChI=1S/C14H17FN2O3/c15-12-8-11(6-7-13(12)17(19)20)14(18)16-9-10-4-2-1-3-5-10/h6-8,10H,1-5,9H2,(H,16,18). The Morgan fingerprint density at radius 1 is 1.35 bits per heavy atom. The number of carbonyl (C=O) groups is 1. The Bertz CT molecular complexity index is 513. The van der Waals surface area contributed by atoms with Gasteiger partial charge in [0.25, 0.3) is 5.91 Å². The fraction of sp³-hybridized carbons (Fsp3) is 0.500. The lowest BCUT2D eigenvalue weighted by molar-refractivity contribution is -0.387. The molecule has 0 aromatic heterocycles. The number of hydrogen-bond donors (Lipinski definition) is 1. The molecular formula is C14H17FN2O3. The van der Waals surface area contributed by atoms with Gasteiger partial charge in [0.1, 0.15) is 0 Å². The summed E-state index contributed by atoms with van der Waals surface area (Å²) in [6.45, 7) is 0.581. The summed E-state index contributed by atoms with van der Waals surface area (Å²) >= 11 is 0. The lowest BCUT2D eigenvalue weighted by atomic mass is 9.89. The molecule has 0 bridgehead atoms. The molecule has 1 N–H and O–H groups in total. The van der Waals surface area contributed by atoms with Gasteiger partial charge in [-0.3, -0.25) is 14.9 Å². The maximum Gasteiger partial charge on any atom is 0.304 e. The second-order valence-electron chi connectivity index (χ2n) is 5.14. The van der Waals surface area contributed by atoms with E-state index in [1.165, 1.54) is 25.3 Å². The molecule has 1 fully saturated rings. The third kappa shape index (κ3) is 3.53. The topological polar surface area (TPSA) is 72.2 Å². The van der Waals surface area contributed by atoms with E-state index >= 15 is 0 Å². The van der Waals surface area contributed by atoms with Gasteiger partial charge in [-0.25, -0.2) is 0 Å². The van der Waals surface area contributed by atoms with E-state index in [2.05, 4.69) is 5.32 Å². The van der Waals surface area contributed by atoms with Gasteiger partial charge in [-0.2, -0.15) is 4.39 Å². The molecule has 1 aromatic carbocycles. The van der Waals surface area contributed by atoms with Crippen LogP contribution < -0.4 is 5.32 Å². The average molecular weight is 280 g/mol. The van der Waals surface area contributed by atoms with Gasteiger partial charge in [0.2, 0.25) is 5.82 Å². The molecule has 0 heterocycles. The molecule has 20 heavy (non-hydrogen) atoms. The van der Waals surface area contributed by atoms with Crippen molar-refractivity contribution in [2.45, 2.75) is 32.1 Å². The molecule has 1 aliphatic carbocycles. The van der Waals surface area contributed by atoms with Crippen molar-refractivity contribution in [2.24, 2.45) is 5.92 Å². The van der Waals surface area contributed by atoms with Crippen molar-refractivity contribution < 1.29 is 14.1 Å². The number of rotatable bonds is 4. The highest BCUT2D eigenvalue weighted by Crippen LogP contribution is 2.23. The molecule has 2 rings (SSSR count). The lowest BCUT2D eigenvalue weighted by Gasteiger charge is -2.21. The Morgan fingerprint density at radius 3 is 2.65 bits per heavy atom. The van der Waals surface area contributed by atoms with Crippen molar-refractivity contribution in [3.63, 3.8) is 0 Å². The Hall–Kier alpha value is -1.98. The van der Waals surface area contributed by atoms with Crippen LogP contribution in [-0.4, -0.2) is 17.4 Å². The van der Waals surface area contributed by atoms with Crippen LogP contribution in [0.5, 0.6) is 0 Å². The minimum Gasteiger partial charge on any atom is -0.352 e. The number of nitro groups is 1. The van der Waals surface area contributed by atoms with E-state index in [0.717, 1.165) is 25.0 Å². The smallest absolute Gasteiger partial charge is 0.304 e. The van der Waals surface area contributed by atoms with Crippen LogP contribution in [0, 0.1) is 21.8 Å². The lowest BCUT2D eigenvalue weighted by Crippen LogP contribution is -2.30. The fourth-order valence-electron chi connectivity index (χ4n) is 2.53. The van der Waals surface area contributed by atoms with Crippen LogP contribution in [0.3, 0.4) is 0 Å². The van der Waals surface area contributed by atoms with E-state index in [1.807, 2.05) is 0 Å². The number of benzene rings is 1. The molecule has 1 aliphatic rings. The van der Waals surface area contributed by atoms with E-state index in [-0.39, 0.29) is 11.5 Å². The SMILES string of the molecule is O=C(NCC1CCCCC1)c1ccc([N+](=O)[O-])c(F)c1. The molecule has 108 valence electrons. The maximum absolute atomic E-state index is 13.4. The zero-order valence-corrected chi connectivity index (χ0v) is 11.1. The van der Waals surface area contributed by atoms with Crippen LogP contribution in [0.1, 0.15) is 42.5 Å². The number of nitrogens with one attached hydrogen (secondary N) is 1. The van der Waals surface area contributed by atoms with Crippen LogP contribution in [0.2, 0.25) is 0 Å². The van der Waals surface area contributed by atoms with Crippen molar-refractivity contribution in [3.05, 3.63) is 39.7 Å². The molecule has 0 aliphatic heterocycles. The number of carbonyl (C=O) groups excluding carboxylic acids is 1. The summed E-state index contributed by atoms with van der Waals surface area (Å²) in [6.07, 6.45) is 5.83. The van der Waals surface area contributed by atoms with Gasteiger partial charge in [-0.1, -0.05) is 19.3 Å². The van der Waals surface area contributed by atoms with E-state index in [4.69, 9.17) is 0 Å². The van der Waals surface area contributed by atoms with Crippen LogP contribution in [0.25, 0.3) is 0 Å². The van der Waals surface area contributed by atoms with Gasteiger partial charge in [-0.15, -0.1) is 0 Å². The predicted molar refractivity (Wildman–Crippen MR) is 72.0 cm³/mol. The van der Waals surface area contributed by atoms with E-state index in [1.54, 1.807) is 0 Å². The van der Waals surface area contributed by atoms with E-state index in [9.17, 15) is 19.3 Å². The van der Waals surface area contributed by atoms with Crippen molar-refractivity contribution in [1.82, 2.24) is 5.32 Å². The molecule has 0 unspecified atom stereocenters. The molecule has 1 saturated carbocycles. The number of hydrogen-bond acceptors (Lipinski definition) is 3. The molecule has 0 saturated heterocycles. The molecule has 0 atom stereocenters. The van der Waals surface area contributed by atoms with Gasteiger partial charge >= 0.3 is 5.69 Å². The Morgan fingerprint density at radius 2 is 2.05 bits per heavy atom. The summed E-state index contributed by atoms with van der Waals surface area (Å²) < 4.78 is 13.4. The summed E-state index contributed by atoms with van der Waals surface area (Å²) in [5, 5.41) is 13.3. The summed E-state index contributed by atoms with van der Waals surface area (Å²) in [5.41, 5.74) is -0.502. The third-order valence-corrected chi connectivity index (χ3v) is 3.68. The summed E-state index contributed by atoms with van der Waals surface area (Å²) in [5.74, 6) is -0.889. The second-order valence-corrected chi connectivity index (χ2v) is 5.14. The average Bonchev–Trinajstić information content (AvgIpc) is 2.45. The first kappa shape index (κ1) is 14.4. The van der Waals surface area contributed by atoms with Crippen LogP contribution in [-0.2, 0) is 0 Å². The monoisotopic (exact) mass is 280 g/mol. The highest BCUT2D eigenvalue weighted by Gasteiger charge is 2.18. The number of amides is 1. The molecular weight excluding hydrogens is 263 g/mol. The normalized spacial score (nSPS) is 15.8. The summed E-state index contributed by atoms with van der Waals surface area (Å²) in [6, 6.07) is 3.20. The first-order valence-corrected chi connectivity index (χ1v) is 6.80. The fourth-order valence-corrected chi connectivity index (χ4v) is 2.53. The van der Waals surface area contributed by atoms with E-state index in [0.29, 0.717) is 12.5 Å². The largest absolute Gasteiger partial charge is 0.352 e. The number of nitro benzene ring substituents is 1. The van der Waals surface area contributed by atoms with Gasteiger partial charge in [0.15, 0.2) is 0 Å². The number of halogens is 1. The third-order valence-electron chi connectivity index (χ3n) is 3.68. The zero-order valence-electron chi connectivity index (χ0n) is 11.1. The van der Waals surface area contributed by atoms with Crippen molar-refractivity contribution in [1.29, 1.82) is 0 Å². The van der Waals surface area contributed by atoms with Crippen LogP contribution >= 0.6 is 0 Å². The minimum absolute atomic E-state index is 0.115. The molecule has 5 nitrogen and oxygen atoms in total. The Kier molecular flexibility index (Phi) is 4.65. The van der Waals surface area contributed by atoms with Crippen LogP contribution in [0.4, 0.5) is 10.1 Å². The first-order valence-electron chi connectivity index (χ1n) is 6.80. The minimum atomic E-state index is -0.986. The van der Waals surface area contributed by atoms with Crippen molar-refractivity contribution >= 4 is 11.6 Å². The molecule has 0 spiro atoms. The van der Waals surface area contributed by atoms with Crippen molar-refractivity contribution in [3.8, 4) is 0 Å². The van der Waals surface area contributed by atoms with Crippen molar-refractivity contribution in [2.75, 3.05) is 6.54 Å². The Labute approximate surface area is 116 Å². The first-order chi connectivity index (χ1) is 9.58. The second kappa shape index (κ2) is 6.45. The van der Waals surface area contributed by atoms with E-state index < -0.39 is 16.4 Å². The predicted octanol–water partition coefficient (Wildman–Crippen LogP) is 3.04. The highest BCUT2D eigenvalue weighted by molar-refractivity contribution is 5.94. The Balaban J connectivity index is 1.95. The highest BCUT2D eigenvalue weighted by atomic mass is 19.1. The molecule has 1 amide bonds. The summed E-state index contributed by atoms with van der Waals surface area (Å²) in [4.78, 5) is 21.6. The van der Waals surface area contributed by atoms with Gasteiger partial charge in [0, 0.05) is 18.2 Å². The molecule has 0 radical (unpaired) electrons. The molecule has 1 aromatic rings. The van der Waals surface area contributed by atoms with Crippen LogP contribution in [0.15, 0.2) is 18.2 Å². The van der Waals surface area contributed by atoms with Gasteiger partial charge in [0.05, 0.1) is 4.92 Å². The van der Waals surface area contributed by atoms with Gasteiger partial charge in [-0.05, 0) is 30.9 Å². The molecule has 6 heteroatoms. The quantitative estimate of drug-likeness (QED) is 0.680. The maximum atomic E-state index is 13.4. The zero-order chi connectivity index (χ0) is 14.5. The van der Waals surface area contributed by atoms with Gasteiger partial charge < -0.3 is 5.32 Å². The summed E-state index contributed by atoms with van der Waals surface area (Å²) in [7, 11) is 0.